The van der Waals surface area contributed by atoms with E-state index in [0.29, 0.717) is 17.1 Å². The summed E-state index contributed by atoms with van der Waals surface area (Å²) in [5.74, 6) is -0.971. The van der Waals surface area contributed by atoms with Crippen LogP contribution in [-0.2, 0) is 0 Å². The van der Waals surface area contributed by atoms with E-state index in [-0.39, 0.29) is 5.56 Å². The van der Waals surface area contributed by atoms with Crippen LogP contribution in [0.15, 0.2) is 24.3 Å². The molecule has 3 nitrogen and oxygen atoms in total. The van der Waals surface area contributed by atoms with Crippen molar-refractivity contribution in [2.45, 2.75) is 0 Å². The first-order valence-corrected chi connectivity index (χ1v) is 4.87. The van der Waals surface area contributed by atoms with E-state index in [2.05, 4.69) is 5.32 Å². The van der Waals surface area contributed by atoms with Gasteiger partial charge < -0.3 is 10.4 Å². The summed E-state index contributed by atoms with van der Waals surface area (Å²) in [4.78, 5) is 10.9. The van der Waals surface area contributed by atoms with E-state index in [9.17, 15) is 4.79 Å². The molecule has 2 N–H and O–H groups in total. The number of hydrogen-bond acceptors (Lipinski definition) is 2. The Kier molecular flexibility index (Phi) is 4.34. The van der Waals surface area contributed by atoms with Crippen LogP contribution in [0.3, 0.4) is 0 Å². The van der Waals surface area contributed by atoms with Gasteiger partial charge in [0.05, 0.1) is 5.56 Å². The molecule has 0 amide bonds. The van der Waals surface area contributed by atoms with Gasteiger partial charge in [0.15, 0.2) is 0 Å². The molecule has 0 bridgehead atoms. The van der Waals surface area contributed by atoms with Gasteiger partial charge in [-0.3, -0.25) is 0 Å². The second kappa shape index (κ2) is 5.53. The Bertz CT molecular complexity index is 388. The van der Waals surface area contributed by atoms with E-state index < -0.39 is 5.97 Å². The number of hydrogen-bond donors (Lipinski definition) is 2. The summed E-state index contributed by atoms with van der Waals surface area (Å²) in [5, 5.41) is 12.3. The molecule has 1 aromatic rings. The predicted octanol–water partition coefficient (Wildman–Crippen LogP) is 2.27. The Morgan fingerprint density at radius 2 is 2.33 bits per heavy atom. The van der Waals surface area contributed by atoms with Crippen LogP contribution in [0.5, 0.6) is 0 Å². The van der Waals surface area contributed by atoms with Crippen LogP contribution in [0.25, 0.3) is 6.08 Å². The lowest BCUT2D eigenvalue weighted by molar-refractivity contribution is 0.0696. The Hall–Kier alpha value is -1.32. The Balaban J connectivity index is 3.01. The fraction of sp³-hybridized carbons (Fsp3) is 0.182. The molecule has 1 aromatic carbocycles. The van der Waals surface area contributed by atoms with Gasteiger partial charge >= 0.3 is 5.97 Å². The highest BCUT2D eigenvalue weighted by molar-refractivity contribution is 6.31. The van der Waals surface area contributed by atoms with Gasteiger partial charge in [0.25, 0.3) is 0 Å². The fourth-order valence-corrected chi connectivity index (χ4v) is 1.33. The largest absolute Gasteiger partial charge is 0.478 e. The molecule has 0 aliphatic rings. The normalized spacial score (nSPS) is 10.8. The van der Waals surface area contributed by atoms with Gasteiger partial charge in [-0.2, -0.15) is 0 Å². The molecule has 80 valence electrons. The summed E-state index contributed by atoms with van der Waals surface area (Å²) in [6, 6.07) is 4.81. The zero-order valence-electron chi connectivity index (χ0n) is 8.33. The number of likely N-dealkylation sites (N-methyl/N-ethyl adjacent to an activating group) is 1. The molecule has 4 heteroatoms. The number of carboxylic acids is 1. The molecule has 0 unspecified atom stereocenters. The number of halogens is 1. The summed E-state index contributed by atoms with van der Waals surface area (Å²) >= 11 is 5.72. The molecule has 0 fully saturated rings. The SMILES string of the molecule is CNCC=Cc1ccc(Cl)cc1C(=O)O. The van der Waals surface area contributed by atoms with E-state index in [0.717, 1.165) is 0 Å². The average molecular weight is 226 g/mol. The fourth-order valence-electron chi connectivity index (χ4n) is 1.16. The van der Waals surface area contributed by atoms with E-state index in [1.165, 1.54) is 6.07 Å². The maximum absolute atomic E-state index is 10.9. The molecule has 0 aliphatic heterocycles. The number of rotatable bonds is 4. The van der Waals surface area contributed by atoms with Crippen molar-refractivity contribution in [2.24, 2.45) is 0 Å². The third-order valence-corrected chi connectivity index (χ3v) is 2.10. The van der Waals surface area contributed by atoms with Gasteiger partial charge in [-0.05, 0) is 24.7 Å². The number of carboxylic acid groups (broad SMARTS) is 1. The van der Waals surface area contributed by atoms with Crippen LogP contribution in [-0.4, -0.2) is 24.7 Å². The molecule has 0 spiro atoms. The van der Waals surface area contributed by atoms with Crippen LogP contribution < -0.4 is 5.32 Å². The van der Waals surface area contributed by atoms with Crippen molar-refractivity contribution >= 4 is 23.6 Å². The molecular weight excluding hydrogens is 214 g/mol. The molecule has 0 saturated carbocycles. The van der Waals surface area contributed by atoms with Crippen LogP contribution in [0.1, 0.15) is 15.9 Å². The second-order valence-electron chi connectivity index (χ2n) is 3.00. The zero-order chi connectivity index (χ0) is 11.3. The van der Waals surface area contributed by atoms with Crippen molar-refractivity contribution in [3.05, 3.63) is 40.4 Å². The molecule has 15 heavy (non-hydrogen) atoms. The van der Waals surface area contributed by atoms with Gasteiger partial charge in [-0.15, -0.1) is 0 Å². The van der Waals surface area contributed by atoms with Gasteiger partial charge in [0.1, 0.15) is 0 Å². The van der Waals surface area contributed by atoms with Gasteiger partial charge in [-0.25, -0.2) is 4.79 Å². The highest BCUT2D eigenvalue weighted by atomic mass is 35.5. The van der Waals surface area contributed by atoms with Crippen molar-refractivity contribution in [3.63, 3.8) is 0 Å². The van der Waals surface area contributed by atoms with Gasteiger partial charge in [0.2, 0.25) is 0 Å². The third-order valence-electron chi connectivity index (χ3n) is 1.87. The lowest BCUT2D eigenvalue weighted by Crippen LogP contribution is -2.04. The van der Waals surface area contributed by atoms with Crippen LogP contribution in [0, 0.1) is 0 Å². The van der Waals surface area contributed by atoms with Crippen LogP contribution >= 0.6 is 11.6 Å². The molecule has 0 aromatic heterocycles. The minimum atomic E-state index is -0.971. The third kappa shape index (κ3) is 3.38. The highest BCUT2D eigenvalue weighted by Crippen LogP contribution is 2.17. The first-order valence-electron chi connectivity index (χ1n) is 4.49. The van der Waals surface area contributed by atoms with Crippen LogP contribution in [0.2, 0.25) is 5.02 Å². The predicted molar refractivity (Wildman–Crippen MR) is 61.4 cm³/mol. The zero-order valence-corrected chi connectivity index (χ0v) is 9.08. The van der Waals surface area contributed by atoms with Gasteiger partial charge in [-0.1, -0.05) is 29.8 Å². The van der Waals surface area contributed by atoms with Gasteiger partial charge in [0, 0.05) is 11.6 Å². The molecule has 0 atom stereocenters. The standard InChI is InChI=1S/C11H12ClNO2/c1-13-6-2-3-8-4-5-9(12)7-10(8)11(14)15/h2-5,7,13H,6H2,1H3,(H,14,15). The van der Waals surface area contributed by atoms with Crippen molar-refractivity contribution in [3.8, 4) is 0 Å². The topological polar surface area (TPSA) is 49.3 Å². The Labute approximate surface area is 93.4 Å². The summed E-state index contributed by atoms with van der Waals surface area (Å²) in [5.41, 5.74) is 0.872. The second-order valence-corrected chi connectivity index (χ2v) is 3.43. The van der Waals surface area contributed by atoms with E-state index in [1.54, 1.807) is 18.2 Å². The van der Waals surface area contributed by atoms with Crippen molar-refractivity contribution in [2.75, 3.05) is 13.6 Å². The molecule has 0 radical (unpaired) electrons. The summed E-state index contributed by atoms with van der Waals surface area (Å²) < 4.78 is 0. The van der Waals surface area contributed by atoms with E-state index in [4.69, 9.17) is 16.7 Å². The Morgan fingerprint density at radius 1 is 1.60 bits per heavy atom. The van der Waals surface area contributed by atoms with Crippen molar-refractivity contribution < 1.29 is 9.90 Å². The summed E-state index contributed by atoms with van der Waals surface area (Å²) in [6.45, 7) is 0.696. The van der Waals surface area contributed by atoms with E-state index in [1.807, 2.05) is 13.1 Å². The van der Waals surface area contributed by atoms with Crippen LogP contribution in [0.4, 0.5) is 0 Å². The first-order chi connectivity index (χ1) is 7.15. The lowest BCUT2D eigenvalue weighted by atomic mass is 10.1. The number of benzene rings is 1. The number of aromatic carboxylic acids is 1. The minimum Gasteiger partial charge on any atom is -0.478 e. The minimum absolute atomic E-state index is 0.217. The number of nitrogens with one attached hydrogen (secondary N) is 1. The number of carbonyl (C=O) groups is 1. The maximum atomic E-state index is 10.9. The summed E-state index contributed by atoms with van der Waals surface area (Å²) in [6.07, 6.45) is 3.62. The maximum Gasteiger partial charge on any atom is 0.336 e. The highest BCUT2D eigenvalue weighted by Gasteiger charge is 2.07. The Morgan fingerprint density at radius 3 is 2.93 bits per heavy atom. The molecule has 0 heterocycles. The molecule has 0 saturated heterocycles. The molecule has 1 rings (SSSR count). The van der Waals surface area contributed by atoms with Crippen molar-refractivity contribution in [1.82, 2.24) is 5.32 Å². The quantitative estimate of drug-likeness (QED) is 0.827. The first kappa shape index (κ1) is 11.8. The van der Waals surface area contributed by atoms with E-state index >= 15 is 0 Å². The lowest BCUT2D eigenvalue weighted by Gasteiger charge is -2.01. The molecule has 0 aliphatic carbocycles. The summed E-state index contributed by atoms with van der Waals surface area (Å²) in [7, 11) is 1.82. The smallest absolute Gasteiger partial charge is 0.336 e. The monoisotopic (exact) mass is 225 g/mol. The average Bonchev–Trinajstić information content (AvgIpc) is 2.20. The van der Waals surface area contributed by atoms with Crippen molar-refractivity contribution in [1.29, 1.82) is 0 Å². The molecular formula is C11H12ClNO2.